The van der Waals surface area contributed by atoms with Crippen LogP contribution in [-0.4, -0.2) is 29.3 Å². The van der Waals surface area contributed by atoms with Gasteiger partial charge in [-0.1, -0.05) is 31.5 Å². The van der Waals surface area contributed by atoms with Crippen LogP contribution < -0.4 is 5.32 Å². The van der Waals surface area contributed by atoms with Crippen molar-refractivity contribution in [2.45, 2.75) is 26.4 Å². The fourth-order valence-corrected chi connectivity index (χ4v) is 2.29. The van der Waals surface area contributed by atoms with Gasteiger partial charge in [0.25, 0.3) is 0 Å². The number of carbonyl (C=O) groups excluding carboxylic acids is 2. The standard InChI is InChI=1S/C14H16ClFN2O2/c1-8(2)13-14(20)18(7-12(19)17-13)6-9-3-4-10(15)11(16)5-9/h3-5,8,13H,6-7H2,1-2H3,(H,17,19). The second kappa shape index (κ2) is 5.79. The maximum Gasteiger partial charge on any atom is 0.246 e. The summed E-state index contributed by atoms with van der Waals surface area (Å²) in [6.45, 7) is 3.93. The van der Waals surface area contributed by atoms with Crippen molar-refractivity contribution in [1.82, 2.24) is 10.2 Å². The van der Waals surface area contributed by atoms with Gasteiger partial charge in [-0.05, 0) is 23.6 Å². The van der Waals surface area contributed by atoms with Gasteiger partial charge in [0.2, 0.25) is 11.8 Å². The summed E-state index contributed by atoms with van der Waals surface area (Å²) in [7, 11) is 0. The molecular weight excluding hydrogens is 283 g/mol. The summed E-state index contributed by atoms with van der Waals surface area (Å²) in [6, 6.07) is 3.86. The number of carbonyl (C=O) groups is 2. The predicted molar refractivity (Wildman–Crippen MR) is 73.6 cm³/mol. The van der Waals surface area contributed by atoms with Gasteiger partial charge in [0.1, 0.15) is 11.9 Å². The molecule has 1 aliphatic heterocycles. The Morgan fingerprint density at radius 1 is 1.45 bits per heavy atom. The van der Waals surface area contributed by atoms with E-state index in [1.165, 1.54) is 17.0 Å². The average molecular weight is 299 g/mol. The smallest absolute Gasteiger partial charge is 0.246 e. The monoisotopic (exact) mass is 298 g/mol. The molecule has 1 atom stereocenters. The van der Waals surface area contributed by atoms with Crippen LogP contribution in [0.4, 0.5) is 4.39 Å². The lowest BCUT2D eigenvalue weighted by molar-refractivity contribution is -0.146. The van der Waals surface area contributed by atoms with Crippen LogP contribution in [0.1, 0.15) is 19.4 Å². The molecule has 6 heteroatoms. The minimum absolute atomic E-state index is 0.00764. The summed E-state index contributed by atoms with van der Waals surface area (Å²) >= 11 is 5.62. The van der Waals surface area contributed by atoms with Crippen LogP contribution in [0.15, 0.2) is 18.2 Å². The van der Waals surface area contributed by atoms with Crippen LogP contribution in [-0.2, 0) is 16.1 Å². The molecule has 0 aliphatic carbocycles. The summed E-state index contributed by atoms with van der Waals surface area (Å²) in [6.07, 6.45) is 0. The Labute approximate surface area is 121 Å². The van der Waals surface area contributed by atoms with Gasteiger partial charge < -0.3 is 10.2 Å². The first kappa shape index (κ1) is 14.8. The molecule has 1 saturated heterocycles. The fourth-order valence-electron chi connectivity index (χ4n) is 2.17. The maximum absolute atomic E-state index is 13.4. The molecule has 1 N–H and O–H groups in total. The highest BCUT2D eigenvalue weighted by Gasteiger charge is 2.34. The molecule has 1 unspecified atom stereocenters. The molecule has 108 valence electrons. The first-order chi connectivity index (χ1) is 9.38. The Morgan fingerprint density at radius 3 is 2.75 bits per heavy atom. The number of halogens is 2. The van der Waals surface area contributed by atoms with Crippen molar-refractivity contribution < 1.29 is 14.0 Å². The molecular formula is C14H16ClFN2O2. The summed E-state index contributed by atoms with van der Waals surface area (Å²) in [5.41, 5.74) is 0.609. The van der Waals surface area contributed by atoms with Crippen molar-refractivity contribution in [3.63, 3.8) is 0 Å². The quantitative estimate of drug-likeness (QED) is 0.927. The number of hydrogen-bond acceptors (Lipinski definition) is 2. The van der Waals surface area contributed by atoms with Crippen LogP contribution in [0.2, 0.25) is 5.02 Å². The number of benzene rings is 1. The van der Waals surface area contributed by atoms with Crippen molar-refractivity contribution in [3.8, 4) is 0 Å². The third kappa shape index (κ3) is 3.10. The van der Waals surface area contributed by atoms with Crippen molar-refractivity contribution in [3.05, 3.63) is 34.6 Å². The lowest BCUT2D eigenvalue weighted by Crippen LogP contribution is -2.59. The van der Waals surface area contributed by atoms with Crippen molar-refractivity contribution in [2.24, 2.45) is 5.92 Å². The Hall–Kier alpha value is -1.62. The maximum atomic E-state index is 13.4. The molecule has 1 heterocycles. The molecule has 1 aliphatic rings. The van der Waals surface area contributed by atoms with E-state index in [1.54, 1.807) is 6.07 Å². The van der Waals surface area contributed by atoms with E-state index in [4.69, 9.17) is 11.6 Å². The van der Waals surface area contributed by atoms with E-state index < -0.39 is 11.9 Å². The summed E-state index contributed by atoms with van der Waals surface area (Å²) in [5, 5.41) is 2.71. The van der Waals surface area contributed by atoms with Crippen molar-refractivity contribution >= 4 is 23.4 Å². The zero-order chi connectivity index (χ0) is 14.9. The zero-order valence-electron chi connectivity index (χ0n) is 11.3. The molecule has 0 bridgehead atoms. The van der Waals surface area contributed by atoms with Gasteiger partial charge in [-0.2, -0.15) is 0 Å². The van der Waals surface area contributed by atoms with E-state index in [0.717, 1.165) is 0 Å². The van der Waals surface area contributed by atoms with Crippen LogP contribution in [0.25, 0.3) is 0 Å². The Bertz CT molecular complexity index is 548. The minimum Gasteiger partial charge on any atom is -0.343 e. The average Bonchev–Trinajstić information content (AvgIpc) is 2.37. The van der Waals surface area contributed by atoms with Crippen LogP contribution in [0, 0.1) is 11.7 Å². The van der Waals surface area contributed by atoms with E-state index in [0.29, 0.717) is 5.56 Å². The first-order valence-corrected chi connectivity index (χ1v) is 6.78. The number of amides is 2. The molecule has 0 saturated carbocycles. The Balaban J connectivity index is 2.16. The number of nitrogens with one attached hydrogen (secondary N) is 1. The summed E-state index contributed by atoms with van der Waals surface area (Å²) in [4.78, 5) is 25.3. The van der Waals surface area contributed by atoms with Crippen LogP contribution >= 0.6 is 11.6 Å². The second-order valence-electron chi connectivity index (χ2n) is 5.23. The highest BCUT2D eigenvalue weighted by atomic mass is 35.5. The number of nitrogens with zero attached hydrogens (tertiary/aromatic N) is 1. The fraction of sp³-hybridized carbons (Fsp3) is 0.429. The normalized spacial score (nSPS) is 19.4. The molecule has 1 aromatic carbocycles. The molecule has 1 fully saturated rings. The van der Waals surface area contributed by atoms with E-state index in [2.05, 4.69) is 5.32 Å². The number of piperazine rings is 1. The van der Waals surface area contributed by atoms with Crippen molar-refractivity contribution in [1.29, 1.82) is 0 Å². The molecule has 0 radical (unpaired) electrons. The van der Waals surface area contributed by atoms with Gasteiger partial charge >= 0.3 is 0 Å². The predicted octanol–water partition coefficient (Wildman–Crippen LogP) is 1.96. The number of hydrogen-bond donors (Lipinski definition) is 1. The largest absolute Gasteiger partial charge is 0.343 e. The topological polar surface area (TPSA) is 49.4 Å². The molecule has 2 amide bonds. The Kier molecular flexibility index (Phi) is 4.28. The summed E-state index contributed by atoms with van der Waals surface area (Å²) in [5.74, 6) is -0.859. The molecule has 4 nitrogen and oxygen atoms in total. The second-order valence-corrected chi connectivity index (χ2v) is 5.64. The SMILES string of the molecule is CC(C)C1NC(=O)CN(Cc2ccc(Cl)c(F)c2)C1=O. The lowest BCUT2D eigenvalue weighted by atomic mass is 10.0. The van der Waals surface area contributed by atoms with Gasteiger partial charge in [-0.25, -0.2) is 4.39 Å². The molecule has 0 aromatic heterocycles. The lowest BCUT2D eigenvalue weighted by Gasteiger charge is -2.34. The van der Waals surface area contributed by atoms with E-state index in [-0.39, 0.29) is 35.8 Å². The number of rotatable bonds is 3. The highest BCUT2D eigenvalue weighted by molar-refractivity contribution is 6.30. The molecule has 20 heavy (non-hydrogen) atoms. The third-order valence-electron chi connectivity index (χ3n) is 3.25. The van der Waals surface area contributed by atoms with Crippen molar-refractivity contribution in [2.75, 3.05) is 6.54 Å². The van der Waals surface area contributed by atoms with E-state index in [1.807, 2.05) is 13.8 Å². The Morgan fingerprint density at radius 2 is 2.15 bits per heavy atom. The third-order valence-corrected chi connectivity index (χ3v) is 3.56. The van der Waals surface area contributed by atoms with Gasteiger partial charge in [0.15, 0.2) is 0 Å². The molecule has 2 rings (SSSR count). The zero-order valence-corrected chi connectivity index (χ0v) is 12.1. The van der Waals surface area contributed by atoms with Gasteiger partial charge in [0, 0.05) is 6.54 Å². The van der Waals surface area contributed by atoms with Gasteiger partial charge in [0.05, 0.1) is 11.6 Å². The van der Waals surface area contributed by atoms with Gasteiger partial charge in [-0.3, -0.25) is 9.59 Å². The van der Waals surface area contributed by atoms with Gasteiger partial charge in [-0.15, -0.1) is 0 Å². The van der Waals surface area contributed by atoms with Crippen LogP contribution in [0.5, 0.6) is 0 Å². The van der Waals surface area contributed by atoms with E-state index >= 15 is 0 Å². The van der Waals surface area contributed by atoms with E-state index in [9.17, 15) is 14.0 Å². The highest BCUT2D eigenvalue weighted by Crippen LogP contribution is 2.18. The molecule has 1 aromatic rings. The van der Waals surface area contributed by atoms with Crippen LogP contribution in [0.3, 0.4) is 0 Å². The first-order valence-electron chi connectivity index (χ1n) is 6.40. The minimum atomic E-state index is -0.529. The summed E-state index contributed by atoms with van der Waals surface area (Å²) < 4.78 is 13.4. The molecule has 0 spiro atoms.